The van der Waals surface area contributed by atoms with Crippen LogP contribution in [0.5, 0.6) is 0 Å². The minimum absolute atomic E-state index is 0.0126. The lowest BCUT2D eigenvalue weighted by Crippen LogP contribution is -2.47. The highest BCUT2D eigenvalue weighted by atomic mass is 32.2. The van der Waals surface area contributed by atoms with Crippen molar-refractivity contribution in [1.29, 1.82) is 0 Å². The molecule has 110 valence electrons. The van der Waals surface area contributed by atoms with Crippen molar-refractivity contribution in [1.82, 2.24) is 4.90 Å². The van der Waals surface area contributed by atoms with E-state index < -0.39 is 21.0 Å². The minimum atomic E-state index is -3.34. The molecule has 0 aromatic rings. The lowest BCUT2D eigenvalue weighted by molar-refractivity contribution is -0.131. The number of nitrogens with zero attached hydrogens (tertiary/aromatic N) is 2. The van der Waals surface area contributed by atoms with E-state index in [1.807, 2.05) is 0 Å². The van der Waals surface area contributed by atoms with Gasteiger partial charge in [0.05, 0.1) is 5.75 Å². The van der Waals surface area contributed by atoms with Crippen LogP contribution in [0, 0.1) is 0 Å². The third-order valence-corrected chi connectivity index (χ3v) is 5.66. The Labute approximate surface area is 113 Å². The first-order valence-electron chi connectivity index (χ1n) is 6.24. The summed E-state index contributed by atoms with van der Waals surface area (Å²) >= 11 is 0. The van der Waals surface area contributed by atoms with Gasteiger partial charge in [-0.25, -0.2) is 8.42 Å². The van der Waals surface area contributed by atoms with Crippen LogP contribution in [0.4, 0.5) is 0 Å². The van der Waals surface area contributed by atoms with Gasteiger partial charge < -0.3 is 15.8 Å². The number of rotatable bonds is 4. The molecular weight excluding hydrogens is 270 g/mol. The summed E-state index contributed by atoms with van der Waals surface area (Å²) in [4.78, 5) is 13.6. The van der Waals surface area contributed by atoms with Crippen LogP contribution in [-0.2, 0) is 14.6 Å². The van der Waals surface area contributed by atoms with E-state index in [4.69, 9.17) is 10.9 Å². The van der Waals surface area contributed by atoms with Crippen LogP contribution < -0.4 is 5.73 Å². The topological polar surface area (TPSA) is 113 Å². The number of sulfone groups is 1. The predicted molar refractivity (Wildman–Crippen MR) is 71.7 cm³/mol. The van der Waals surface area contributed by atoms with E-state index in [9.17, 15) is 13.2 Å². The molecular formula is C11H21N3O4S. The molecule has 0 bridgehead atoms. The number of hydrogen-bond acceptors (Lipinski definition) is 5. The van der Waals surface area contributed by atoms with Crippen molar-refractivity contribution in [3.63, 3.8) is 0 Å². The number of carbonyl (C=O) groups excluding carboxylic acids is 1. The maximum absolute atomic E-state index is 12.2. The van der Waals surface area contributed by atoms with Crippen molar-refractivity contribution in [2.45, 2.75) is 43.9 Å². The molecule has 2 unspecified atom stereocenters. The highest BCUT2D eigenvalue weighted by Crippen LogP contribution is 2.22. The molecule has 1 fully saturated rings. The van der Waals surface area contributed by atoms with E-state index in [0.717, 1.165) is 6.42 Å². The first kappa shape index (κ1) is 15.7. The fraction of sp³-hybridized carbons (Fsp3) is 0.818. The molecule has 0 spiro atoms. The van der Waals surface area contributed by atoms with E-state index in [1.165, 1.54) is 4.90 Å². The molecule has 0 aromatic heterocycles. The molecule has 8 heteroatoms. The lowest BCUT2D eigenvalue weighted by atomic mass is 10.1. The van der Waals surface area contributed by atoms with Gasteiger partial charge in [0.2, 0.25) is 5.91 Å². The van der Waals surface area contributed by atoms with Crippen molar-refractivity contribution >= 4 is 21.6 Å². The average molecular weight is 291 g/mol. The fourth-order valence-electron chi connectivity index (χ4n) is 2.16. The molecule has 2 atom stereocenters. The second-order valence-corrected chi connectivity index (χ2v) is 7.25. The molecule has 0 radical (unpaired) electrons. The number of hydrogen-bond donors (Lipinski definition) is 2. The smallest absolute Gasteiger partial charge is 0.240 e. The summed E-state index contributed by atoms with van der Waals surface area (Å²) in [5, 5.41) is 10.4. The van der Waals surface area contributed by atoms with Gasteiger partial charge in [-0.05, 0) is 19.8 Å². The Balaban J connectivity index is 2.76. The second-order valence-electron chi connectivity index (χ2n) is 4.95. The van der Waals surface area contributed by atoms with E-state index in [-0.39, 0.29) is 24.1 Å². The SMILES string of the molecule is CC(CC(N)=NO)N(C)C(=O)C1CCCCS1(=O)=O. The van der Waals surface area contributed by atoms with Crippen molar-refractivity contribution < 1.29 is 18.4 Å². The fourth-order valence-corrected chi connectivity index (χ4v) is 4.05. The number of amidine groups is 1. The summed E-state index contributed by atoms with van der Waals surface area (Å²) in [5.74, 6) is -0.317. The van der Waals surface area contributed by atoms with Gasteiger partial charge in [-0.2, -0.15) is 0 Å². The Morgan fingerprint density at radius 1 is 1.53 bits per heavy atom. The quantitative estimate of drug-likeness (QED) is 0.326. The number of oxime groups is 1. The Hall–Kier alpha value is -1.31. The van der Waals surface area contributed by atoms with E-state index in [0.29, 0.717) is 12.8 Å². The van der Waals surface area contributed by atoms with E-state index >= 15 is 0 Å². The van der Waals surface area contributed by atoms with Crippen molar-refractivity contribution in [3.05, 3.63) is 0 Å². The standard InChI is InChI=1S/C11H21N3O4S/c1-8(7-10(12)13-16)14(2)11(15)9-5-3-4-6-19(9,17)18/h8-9,16H,3-7H2,1-2H3,(H2,12,13). The van der Waals surface area contributed by atoms with E-state index in [1.54, 1.807) is 14.0 Å². The summed E-state index contributed by atoms with van der Waals surface area (Å²) in [7, 11) is -1.79. The Morgan fingerprint density at radius 3 is 2.68 bits per heavy atom. The Bertz CT molecular complexity index is 461. The van der Waals surface area contributed by atoms with Crippen molar-refractivity contribution in [2.24, 2.45) is 10.9 Å². The van der Waals surface area contributed by atoms with E-state index in [2.05, 4.69) is 5.16 Å². The van der Waals surface area contributed by atoms with Gasteiger partial charge in [-0.15, -0.1) is 0 Å². The van der Waals surface area contributed by atoms with Crippen LogP contribution in [0.15, 0.2) is 5.16 Å². The molecule has 7 nitrogen and oxygen atoms in total. The second kappa shape index (κ2) is 6.23. The van der Waals surface area contributed by atoms with Crippen LogP contribution in [-0.4, -0.2) is 54.4 Å². The maximum atomic E-state index is 12.2. The summed E-state index contributed by atoms with van der Waals surface area (Å²) in [6, 6.07) is -0.319. The third-order valence-electron chi connectivity index (χ3n) is 3.50. The maximum Gasteiger partial charge on any atom is 0.240 e. The van der Waals surface area contributed by atoms with Gasteiger partial charge in [0.15, 0.2) is 9.84 Å². The number of nitrogens with two attached hydrogens (primary N) is 1. The van der Waals surface area contributed by atoms with Crippen molar-refractivity contribution in [3.8, 4) is 0 Å². The van der Waals surface area contributed by atoms with Crippen LogP contribution in [0.3, 0.4) is 0 Å². The van der Waals surface area contributed by atoms with Gasteiger partial charge in [0.1, 0.15) is 11.1 Å². The zero-order chi connectivity index (χ0) is 14.6. The zero-order valence-corrected chi connectivity index (χ0v) is 12.1. The van der Waals surface area contributed by atoms with Gasteiger partial charge in [-0.3, -0.25) is 4.79 Å². The van der Waals surface area contributed by atoms with Gasteiger partial charge in [-0.1, -0.05) is 11.6 Å². The number of carbonyl (C=O) groups is 1. The molecule has 1 amide bonds. The summed E-state index contributed by atoms with van der Waals surface area (Å²) in [6.07, 6.45) is 1.95. The predicted octanol–water partition coefficient (Wildman–Crippen LogP) is -0.0629. The molecule has 19 heavy (non-hydrogen) atoms. The van der Waals surface area contributed by atoms with Crippen LogP contribution in [0.1, 0.15) is 32.6 Å². The Kier molecular flexibility index (Phi) is 5.16. The summed E-state index contributed by atoms with van der Waals surface area (Å²) in [6.45, 7) is 1.73. The highest BCUT2D eigenvalue weighted by Gasteiger charge is 2.37. The first-order valence-corrected chi connectivity index (χ1v) is 7.95. The molecule has 0 aromatic carbocycles. The molecule has 1 rings (SSSR count). The zero-order valence-electron chi connectivity index (χ0n) is 11.2. The average Bonchev–Trinajstić information content (AvgIpc) is 2.36. The van der Waals surface area contributed by atoms with Gasteiger partial charge in [0, 0.05) is 19.5 Å². The highest BCUT2D eigenvalue weighted by molar-refractivity contribution is 7.92. The molecule has 3 N–H and O–H groups in total. The molecule has 1 aliphatic rings. The van der Waals surface area contributed by atoms with Crippen molar-refractivity contribution in [2.75, 3.05) is 12.8 Å². The summed E-state index contributed by atoms with van der Waals surface area (Å²) in [5.41, 5.74) is 5.39. The largest absolute Gasteiger partial charge is 0.409 e. The normalized spacial score (nSPS) is 24.7. The van der Waals surface area contributed by atoms with Crippen LogP contribution >= 0.6 is 0 Å². The van der Waals surface area contributed by atoms with Crippen LogP contribution in [0.2, 0.25) is 0 Å². The molecule has 0 saturated carbocycles. The lowest BCUT2D eigenvalue weighted by Gasteiger charge is -2.30. The minimum Gasteiger partial charge on any atom is -0.409 e. The Morgan fingerprint density at radius 2 is 2.16 bits per heavy atom. The molecule has 1 aliphatic heterocycles. The first-order chi connectivity index (χ1) is 8.79. The van der Waals surface area contributed by atoms with Gasteiger partial charge in [0.25, 0.3) is 0 Å². The monoisotopic (exact) mass is 291 g/mol. The molecule has 1 heterocycles. The number of amides is 1. The molecule has 1 saturated heterocycles. The molecule has 0 aliphatic carbocycles. The summed E-state index contributed by atoms with van der Waals surface area (Å²) < 4.78 is 23.8. The van der Waals surface area contributed by atoms with Gasteiger partial charge >= 0.3 is 0 Å². The third kappa shape index (κ3) is 3.82. The van der Waals surface area contributed by atoms with Crippen LogP contribution in [0.25, 0.3) is 0 Å².